The van der Waals surface area contributed by atoms with E-state index in [4.69, 9.17) is 16.7 Å². The van der Waals surface area contributed by atoms with Gasteiger partial charge in [0, 0.05) is 16.6 Å². The van der Waals surface area contributed by atoms with Crippen molar-refractivity contribution in [3.05, 3.63) is 33.3 Å². The molecule has 0 saturated carbocycles. The van der Waals surface area contributed by atoms with Gasteiger partial charge in [-0.05, 0) is 53.9 Å². The maximum absolute atomic E-state index is 11.7. The monoisotopic (exact) mass is 319 g/mol. The topological polar surface area (TPSA) is 49.3 Å². The van der Waals surface area contributed by atoms with Crippen LogP contribution in [-0.2, 0) is 0 Å². The number of hydrogen-bond acceptors (Lipinski definition) is 2. The zero-order valence-corrected chi connectivity index (χ0v) is 11.9. The Balaban J connectivity index is 2.44. The Kier molecular flexibility index (Phi) is 5.95. The predicted octanol–water partition coefficient (Wildman–Crippen LogP) is 2.99. The van der Waals surface area contributed by atoms with E-state index in [-0.39, 0.29) is 12.0 Å². The Hall–Kier alpha value is -0.580. The number of benzene rings is 1. The van der Waals surface area contributed by atoms with Gasteiger partial charge in [-0.1, -0.05) is 11.6 Å². The Bertz CT molecular complexity index is 396. The molecule has 0 aliphatic heterocycles. The van der Waals surface area contributed by atoms with Gasteiger partial charge in [0.05, 0.1) is 11.1 Å². The second kappa shape index (κ2) is 6.99. The lowest BCUT2D eigenvalue weighted by Gasteiger charge is -2.07. The minimum Gasteiger partial charge on any atom is -0.393 e. The SMILES string of the molecule is CC(O)CCCNC(=O)c1ccc(Br)c(Cl)c1. The van der Waals surface area contributed by atoms with Crippen molar-refractivity contribution in [2.45, 2.75) is 25.9 Å². The van der Waals surface area contributed by atoms with Gasteiger partial charge in [0.2, 0.25) is 0 Å². The summed E-state index contributed by atoms with van der Waals surface area (Å²) < 4.78 is 0.768. The molecule has 1 unspecified atom stereocenters. The maximum atomic E-state index is 11.7. The first-order valence-electron chi connectivity index (χ1n) is 5.42. The molecular formula is C12H15BrClNO2. The van der Waals surface area contributed by atoms with Gasteiger partial charge in [-0.15, -0.1) is 0 Å². The highest BCUT2D eigenvalue weighted by Gasteiger charge is 2.07. The molecule has 1 amide bonds. The molecule has 0 aliphatic carbocycles. The molecule has 3 nitrogen and oxygen atoms in total. The molecule has 5 heteroatoms. The molecular weight excluding hydrogens is 305 g/mol. The average Bonchev–Trinajstić information content (AvgIpc) is 2.27. The highest BCUT2D eigenvalue weighted by molar-refractivity contribution is 9.10. The minimum absolute atomic E-state index is 0.148. The van der Waals surface area contributed by atoms with Gasteiger partial charge in [0.15, 0.2) is 0 Å². The molecule has 2 N–H and O–H groups in total. The van der Waals surface area contributed by atoms with Crippen LogP contribution >= 0.6 is 27.5 Å². The summed E-state index contributed by atoms with van der Waals surface area (Å²) in [4.78, 5) is 11.7. The summed E-state index contributed by atoms with van der Waals surface area (Å²) in [5.74, 6) is -0.148. The molecule has 0 aliphatic rings. The van der Waals surface area contributed by atoms with Crippen LogP contribution in [0.25, 0.3) is 0 Å². The Morgan fingerprint density at radius 3 is 2.88 bits per heavy atom. The van der Waals surface area contributed by atoms with Gasteiger partial charge in [-0.2, -0.15) is 0 Å². The number of carbonyl (C=O) groups is 1. The third-order valence-corrected chi connectivity index (χ3v) is 3.50. The van der Waals surface area contributed by atoms with Crippen molar-refractivity contribution in [2.24, 2.45) is 0 Å². The van der Waals surface area contributed by atoms with Crippen LogP contribution in [0.1, 0.15) is 30.1 Å². The van der Waals surface area contributed by atoms with Gasteiger partial charge < -0.3 is 10.4 Å². The van der Waals surface area contributed by atoms with Gasteiger partial charge in [0.1, 0.15) is 0 Å². The smallest absolute Gasteiger partial charge is 0.251 e. The van der Waals surface area contributed by atoms with Gasteiger partial charge in [-0.25, -0.2) is 0 Å². The van der Waals surface area contributed by atoms with Crippen molar-refractivity contribution in [3.63, 3.8) is 0 Å². The summed E-state index contributed by atoms with van der Waals surface area (Å²) in [6.45, 7) is 2.29. The lowest BCUT2D eigenvalue weighted by Crippen LogP contribution is -2.25. The van der Waals surface area contributed by atoms with E-state index in [1.54, 1.807) is 25.1 Å². The molecule has 0 saturated heterocycles. The van der Waals surface area contributed by atoms with Crippen molar-refractivity contribution in [2.75, 3.05) is 6.54 Å². The molecule has 1 aromatic rings. The molecule has 0 heterocycles. The standard InChI is InChI=1S/C12H15BrClNO2/c1-8(16)3-2-6-15-12(17)9-4-5-10(13)11(14)7-9/h4-5,7-8,16H,2-3,6H2,1H3,(H,15,17). The number of hydrogen-bond donors (Lipinski definition) is 2. The molecule has 0 aromatic heterocycles. The molecule has 0 fully saturated rings. The van der Waals surface area contributed by atoms with Crippen molar-refractivity contribution in [1.29, 1.82) is 0 Å². The first-order chi connectivity index (χ1) is 8.00. The first-order valence-corrected chi connectivity index (χ1v) is 6.59. The third kappa shape index (κ3) is 5.06. The number of carbonyl (C=O) groups excluding carboxylic acids is 1. The molecule has 1 aromatic carbocycles. The molecule has 1 atom stereocenters. The van der Waals surface area contributed by atoms with Crippen molar-refractivity contribution in [3.8, 4) is 0 Å². The minimum atomic E-state index is -0.325. The van der Waals surface area contributed by atoms with Crippen molar-refractivity contribution >= 4 is 33.4 Å². The largest absolute Gasteiger partial charge is 0.393 e. The van der Waals surface area contributed by atoms with Crippen LogP contribution in [-0.4, -0.2) is 23.7 Å². The van der Waals surface area contributed by atoms with E-state index in [0.29, 0.717) is 23.6 Å². The van der Waals surface area contributed by atoms with E-state index in [1.807, 2.05) is 0 Å². The second-order valence-corrected chi connectivity index (χ2v) is 5.14. The fourth-order valence-corrected chi connectivity index (χ4v) is 1.77. The lowest BCUT2D eigenvalue weighted by atomic mass is 10.2. The Labute approximate surface area is 114 Å². The van der Waals surface area contributed by atoms with Crippen molar-refractivity contribution in [1.82, 2.24) is 5.32 Å². The Morgan fingerprint density at radius 2 is 2.29 bits per heavy atom. The van der Waals surface area contributed by atoms with Crippen LogP contribution in [0.5, 0.6) is 0 Å². The summed E-state index contributed by atoms with van der Waals surface area (Å²) in [5, 5.41) is 12.4. The van der Waals surface area contributed by atoms with Gasteiger partial charge in [-0.3, -0.25) is 4.79 Å². The van der Waals surface area contributed by atoms with Gasteiger partial charge >= 0.3 is 0 Å². The predicted molar refractivity (Wildman–Crippen MR) is 72.4 cm³/mol. The van der Waals surface area contributed by atoms with Gasteiger partial charge in [0.25, 0.3) is 5.91 Å². The van der Waals surface area contributed by atoms with Crippen LogP contribution in [0, 0.1) is 0 Å². The second-order valence-electron chi connectivity index (χ2n) is 3.88. The van der Waals surface area contributed by atoms with E-state index >= 15 is 0 Å². The fraction of sp³-hybridized carbons (Fsp3) is 0.417. The molecule has 0 radical (unpaired) electrons. The molecule has 0 bridgehead atoms. The molecule has 1 rings (SSSR count). The number of nitrogens with one attached hydrogen (secondary N) is 1. The number of halogens is 2. The summed E-state index contributed by atoms with van der Waals surface area (Å²) in [5.41, 5.74) is 0.537. The molecule has 0 spiro atoms. The van der Waals surface area contributed by atoms with Crippen LogP contribution < -0.4 is 5.32 Å². The van der Waals surface area contributed by atoms with E-state index in [9.17, 15) is 4.79 Å². The number of amides is 1. The number of rotatable bonds is 5. The summed E-state index contributed by atoms with van der Waals surface area (Å²) in [6, 6.07) is 5.07. The molecule has 17 heavy (non-hydrogen) atoms. The fourth-order valence-electron chi connectivity index (χ4n) is 1.34. The van der Waals surface area contributed by atoms with Crippen LogP contribution in [0.2, 0.25) is 5.02 Å². The van der Waals surface area contributed by atoms with Crippen LogP contribution in [0.3, 0.4) is 0 Å². The zero-order valence-electron chi connectivity index (χ0n) is 9.54. The van der Waals surface area contributed by atoms with E-state index in [2.05, 4.69) is 21.2 Å². The normalized spacial score (nSPS) is 12.2. The van der Waals surface area contributed by atoms with Crippen molar-refractivity contribution < 1.29 is 9.90 Å². The summed E-state index contributed by atoms with van der Waals surface area (Å²) >= 11 is 9.17. The summed E-state index contributed by atoms with van der Waals surface area (Å²) in [6.07, 6.45) is 1.11. The highest BCUT2D eigenvalue weighted by atomic mass is 79.9. The van der Waals surface area contributed by atoms with E-state index in [0.717, 1.165) is 10.9 Å². The maximum Gasteiger partial charge on any atom is 0.251 e. The quantitative estimate of drug-likeness (QED) is 0.819. The Morgan fingerprint density at radius 1 is 1.59 bits per heavy atom. The summed E-state index contributed by atoms with van der Waals surface area (Å²) in [7, 11) is 0. The van der Waals surface area contributed by atoms with E-state index in [1.165, 1.54) is 0 Å². The molecule has 94 valence electrons. The number of aliphatic hydroxyl groups is 1. The highest BCUT2D eigenvalue weighted by Crippen LogP contribution is 2.23. The zero-order chi connectivity index (χ0) is 12.8. The first kappa shape index (κ1) is 14.5. The third-order valence-electron chi connectivity index (χ3n) is 2.27. The lowest BCUT2D eigenvalue weighted by molar-refractivity contribution is 0.0949. The van der Waals surface area contributed by atoms with E-state index < -0.39 is 0 Å². The van der Waals surface area contributed by atoms with Crippen LogP contribution in [0.15, 0.2) is 22.7 Å². The van der Waals surface area contributed by atoms with Crippen LogP contribution in [0.4, 0.5) is 0 Å². The average molecular weight is 321 g/mol. The number of aliphatic hydroxyl groups excluding tert-OH is 1.